The summed E-state index contributed by atoms with van der Waals surface area (Å²) in [6, 6.07) is 2.82. The van der Waals surface area contributed by atoms with Crippen molar-refractivity contribution in [1.82, 2.24) is 4.98 Å². The summed E-state index contributed by atoms with van der Waals surface area (Å²) >= 11 is 5.62. The third-order valence-electron chi connectivity index (χ3n) is 2.12. The molecule has 1 aromatic rings. The molecule has 0 bridgehead atoms. The van der Waals surface area contributed by atoms with Crippen LogP contribution in [0.1, 0.15) is 0 Å². The highest BCUT2D eigenvalue weighted by Gasteiger charge is 2.35. The van der Waals surface area contributed by atoms with Gasteiger partial charge in [-0.15, -0.1) is 0 Å². The van der Waals surface area contributed by atoms with Gasteiger partial charge in [-0.2, -0.15) is 13.2 Å². The van der Waals surface area contributed by atoms with Gasteiger partial charge < -0.3 is 10.2 Å². The van der Waals surface area contributed by atoms with Crippen molar-refractivity contribution in [3.8, 4) is 0 Å². The van der Waals surface area contributed by atoms with E-state index in [1.165, 1.54) is 12.1 Å². The minimum Gasteiger partial charge on any atom is -0.336 e. The van der Waals surface area contributed by atoms with Crippen molar-refractivity contribution in [1.29, 1.82) is 0 Å². The Morgan fingerprint density at radius 2 is 2.18 bits per heavy atom. The molecule has 0 spiro atoms. The molecular weight excluding hydrogens is 259 g/mol. The van der Waals surface area contributed by atoms with E-state index in [2.05, 4.69) is 10.3 Å². The fraction of sp³-hybridized carbons (Fsp3) is 0.333. The van der Waals surface area contributed by atoms with Crippen LogP contribution in [-0.2, 0) is 4.79 Å². The van der Waals surface area contributed by atoms with E-state index in [0.29, 0.717) is 0 Å². The van der Waals surface area contributed by atoms with Crippen LogP contribution in [0.25, 0.3) is 0 Å². The zero-order valence-corrected chi connectivity index (χ0v) is 9.14. The molecule has 1 N–H and O–H groups in total. The van der Waals surface area contributed by atoms with Crippen molar-refractivity contribution in [2.45, 2.75) is 6.18 Å². The highest BCUT2D eigenvalue weighted by Crippen LogP contribution is 2.31. The van der Waals surface area contributed by atoms with Crippen LogP contribution in [0.15, 0.2) is 12.1 Å². The van der Waals surface area contributed by atoms with Crippen LogP contribution in [-0.4, -0.2) is 30.2 Å². The molecule has 4 nitrogen and oxygen atoms in total. The van der Waals surface area contributed by atoms with Gasteiger partial charge in [0, 0.05) is 0 Å². The van der Waals surface area contributed by atoms with E-state index in [1.54, 1.807) is 0 Å². The summed E-state index contributed by atoms with van der Waals surface area (Å²) in [6.07, 6.45) is -4.40. The number of carbonyl (C=O) groups is 1. The van der Waals surface area contributed by atoms with E-state index in [1.807, 2.05) is 0 Å². The number of carbonyl (C=O) groups excluding carboxylic acids is 1. The Morgan fingerprint density at radius 1 is 1.47 bits per heavy atom. The summed E-state index contributed by atoms with van der Waals surface area (Å²) in [5.41, 5.74) is 0.231. The molecule has 0 unspecified atom stereocenters. The number of nitrogens with one attached hydrogen (secondary N) is 1. The summed E-state index contributed by atoms with van der Waals surface area (Å²) < 4.78 is 37.0. The normalized spacial score (nSPS) is 15.5. The summed E-state index contributed by atoms with van der Waals surface area (Å²) in [5.74, 6) is -0.472. The van der Waals surface area contributed by atoms with Crippen LogP contribution in [0.5, 0.6) is 0 Å². The molecule has 1 aliphatic rings. The second-order valence-electron chi connectivity index (χ2n) is 3.52. The Hall–Kier alpha value is -1.50. The van der Waals surface area contributed by atoms with Gasteiger partial charge in [0.15, 0.2) is 5.82 Å². The molecule has 92 valence electrons. The summed E-state index contributed by atoms with van der Waals surface area (Å²) in [6.45, 7) is -1.62. The third-order valence-corrected chi connectivity index (χ3v) is 2.33. The first kappa shape index (κ1) is 12.0. The highest BCUT2D eigenvalue weighted by atomic mass is 35.5. The number of hydrogen-bond acceptors (Lipinski definition) is 3. The predicted octanol–water partition coefficient (Wildman–Crippen LogP) is 2.06. The first-order valence-corrected chi connectivity index (χ1v) is 5.01. The summed E-state index contributed by atoms with van der Waals surface area (Å²) in [4.78, 5) is 15.9. The average Bonchev–Trinajstić information content (AvgIpc) is 2.16. The zero-order valence-electron chi connectivity index (χ0n) is 8.38. The van der Waals surface area contributed by atoms with Crippen molar-refractivity contribution < 1.29 is 18.0 Å². The number of rotatable bonds is 1. The smallest absolute Gasteiger partial charge is 0.336 e. The van der Waals surface area contributed by atoms with Crippen LogP contribution < -0.4 is 10.2 Å². The third kappa shape index (κ3) is 2.79. The van der Waals surface area contributed by atoms with Crippen LogP contribution in [0, 0.1) is 0 Å². The Labute approximate surface area is 99.4 Å². The minimum absolute atomic E-state index is 0.0365. The van der Waals surface area contributed by atoms with E-state index < -0.39 is 18.6 Å². The number of halogens is 4. The van der Waals surface area contributed by atoms with Gasteiger partial charge in [-0.05, 0) is 12.1 Å². The SMILES string of the molecule is O=C1CN(CC(F)(F)F)c2nc(Cl)ccc2N1. The molecule has 1 aliphatic heterocycles. The van der Waals surface area contributed by atoms with E-state index in [4.69, 9.17) is 11.6 Å². The monoisotopic (exact) mass is 265 g/mol. The molecule has 0 fully saturated rings. The van der Waals surface area contributed by atoms with E-state index in [9.17, 15) is 18.0 Å². The number of anilines is 2. The number of hydrogen-bond donors (Lipinski definition) is 1. The van der Waals surface area contributed by atoms with Crippen molar-refractivity contribution >= 4 is 29.0 Å². The van der Waals surface area contributed by atoms with Crippen molar-refractivity contribution in [2.75, 3.05) is 23.3 Å². The van der Waals surface area contributed by atoms with Crippen LogP contribution in [0.2, 0.25) is 5.15 Å². The van der Waals surface area contributed by atoms with Crippen molar-refractivity contribution in [3.63, 3.8) is 0 Å². The molecule has 0 saturated carbocycles. The molecule has 1 aromatic heterocycles. The molecule has 0 aromatic carbocycles. The van der Waals surface area contributed by atoms with Gasteiger partial charge in [-0.25, -0.2) is 4.98 Å². The topological polar surface area (TPSA) is 45.2 Å². The van der Waals surface area contributed by atoms with Crippen LogP contribution in [0.4, 0.5) is 24.7 Å². The Morgan fingerprint density at radius 3 is 2.82 bits per heavy atom. The standard InChI is InChI=1S/C9H7ClF3N3O/c10-6-2-1-5-8(15-6)16(3-7(17)14-5)4-9(11,12)13/h1-2H,3-4H2,(H,14,17). The lowest BCUT2D eigenvalue weighted by Gasteiger charge is -2.30. The maximum Gasteiger partial charge on any atom is 0.405 e. The minimum atomic E-state index is -4.40. The van der Waals surface area contributed by atoms with E-state index in [0.717, 1.165) is 4.90 Å². The maximum absolute atomic E-state index is 12.3. The van der Waals surface area contributed by atoms with Gasteiger partial charge in [-0.1, -0.05) is 11.6 Å². The molecule has 8 heteroatoms. The molecule has 2 rings (SSSR count). The van der Waals surface area contributed by atoms with Crippen LogP contribution >= 0.6 is 11.6 Å². The van der Waals surface area contributed by atoms with Crippen LogP contribution in [0.3, 0.4) is 0 Å². The number of amides is 1. The number of nitrogens with zero attached hydrogens (tertiary/aromatic N) is 2. The Kier molecular flexibility index (Phi) is 2.86. The van der Waals surface area contributed by atoms with Gasteiger partial charge in [0.05, 0.1) is 12.2 Å². The number of pyridine rings is 1. The van der Waals surface area contributed by atoms with Gasteiger partial charge in [-0.3, -0.25) is 4.79 Å². The quantitative estimate of drug-likeness (QED) is 0.791. The number of fused-ring (bicyclic) bond motifs is 1. The fourth-order valence-electron chi connectivity index (χ4n) is 1.55. The lowest BCUT2D eigenvalue weighted by molar-refractivity contribution is -0.122. The second-order valence-corrected chi connectivity index (χ2v) is 3.91. The first-order chi connectivity index (χ1) is 7.85. The van der Waals surface area contributed by atoms with Crippen molar-refractivity contribution in [3.05, 3.63) is 17.3 Å². The molecule has 17 heavy (non-hydrogen) atoms. The molecule has 0 aliphatic carbocycles. The summed E-state index contributed by atoms with van der Waals surface area (Å²) in [7, 11) is 0. The number of aromatic nitrogens is 1. The van der Waals surface area contributed by atoms with Gasteiger partial charge in [0.1, 0.15) is 11.7 Å². The molecule has 2 heterocycles. The Balaban J connectivity index is 2.36. The van der Waals surface area contributed by atoms with Gasteiger partial charge in [0.2, 0.25) is 5.91 Å². The fourth-order valence-corrected chi connectivity index (χ4v) is 1.69. The predicted molar refractivity (Wildman–Crippen MR) is 56.1 cm³/mol. The largest absolute Gasteiger partial charge is 0.405 e. The second kappa shape index (κ2) is 4.06. The van der Waals surface area contributed by atoms with E-state index in [-0.39, 0.29) is 23.2 Å². The maximum atomic E-state index is 12.3. The highest BCUT2D eigenvalue weighted by molar-refractivity contribution is 6.29. The van der Waals surface area contributed by atoms with Crippen molar-refractivity contribution in [2.24, 2.45) is 0 Å². The number of alkyl halides is 3. The molecule has 0 saturated heterocycles. The molecule has 0 atom stereocenters. The van der Waals surface area contributed by atoms with E-state index >= 15 is 0 Å². The molecule has 1 amide bonds. The average molecular weight is 266 g/mol. The zero-order chi connectivity index (χ0) is 12.6. The van der Waals surface area contributed by atoms with Gasteiger partial charge in [0.25, 0.3) is 0 Å². The lowest BCUT2D eigenvalue weighted by atomic mass is 10.2. The summed E-state index contributed by atoms with van der Waals surface area (Å²) in [5, 5.41) is 2.51. The van der Waals surface area contributed by atoms with Gasteiger partial charge >= 0.3 is 6.18 Å². The molecule has 0 radical (unpaired) electrons. The molecular formula is C9H7ClF3N3O. The Bertz CT molecular complexity index is 463. The first-order valence-electron chi connectivity index (χ1n) is 4.63. The lowest BCUT2D eigenvalue weighted by Crippen LogP contribution is -2.43.